The maximum atomic E-state index is 13.0. The molecule has 2 aliphatic rings. The molecule has 6 heteroatoms. The summed E-state index contributed by atoms with van der Waals surface area (Å²) >= 11 is 0. The van der Waals surface area contributed by atoms with Crippen LogP contribution in [0.1, 0.15) is 22.5 Å². The lowest BCUT2D eigenvalue weighted by molar-refractivity contribution is 0.0342. The largest absolute Gasteiger partial charge is 0.483 e. The average Bonchev–Trinajstić information content (AvgIpc) is 3.10. The Balaban J connectivity index is 1.70. The molecule has 0 aliphatic carbocycles. The van der Waals surface area contributed by atoms with E-state index in [2.05, 4.69) is 0 Å². The molecule has 0 N–H and O–H groups in total. The van der Waals surface area contributed by atoms with E-state index in [-0.39, 0.29) is 29.2 Å². The van der Waals surface area contributed by atoms with Crippen molar-refractivity contribution in [2.45, 2.75) is 25.1 Å². The lowest BCUT2D eigenvalue weighted by atomic mass is 9.93. The van der Waals surface area contributed by atoms with Gasteiger partial charge in [-0.2, -0.15) is 0 Å². The summed E-state index contributed by atoms with van der Waals surface area (Å²) in [5, 5.41) is 0. The first kappa shape index (κ1) is 15.9. The van der Waals surface area contributed by atoms with Gasteiger partial charge in [0.2, 0.25) is 5.43 Å². The molecule has 1 saturated heterocycles. The maximum absolute atomic E-state index is 13.0. The Labute approximate surface area is 145 Å². The monoisotopic (exact) mass is 340 g/mol. The molecule has 1 unspecified atom stereocenters. The highest BCUT2D eigenvalue weighted by Gasteiger charge is 2.46. The number of carbonyl (C=O) groups excluding carboxylic acids is 1. The van der Waals surface area contributed by atoms with Crippen LogP contribution in [0.3, 0.4) is 0 Å². The third-order valence-corrected chi connectivity index (χ3v) is 5.12. The first-order valence-electron chi connectivity index (χ1n) is 8.37. The second kappa shape index (κ2) is 6.04. The van der Waals surface area contributed by atoms with Gasteiger partial charge in [0.25, 0.3) is 5.91 Å². The summed E-state index contributed by atoms with van der Waals surface area (Å²) in [5.41, 5.74) is 0.656. The predicted molar refractivity (Wildman–Crippen MR) is 91.7 cm³/mol. The summed E-state index contributed by atoms with van der Waals surface area (Å²) in [4.78, 5) is 27.0. The summed E-state index contributed by atoms with van der Waals surface area (Å²) < 4.78 is 13.1. The number of ether oxygens (including phenoxy) is 2. The number of aromatic nitrogens is 1. The summed E-state index contributed by atoms with van der Waals surface area (Å²) in [6.45, 7) is 2.01. The van der Waals surface area contributed by atoms with Crippen LogP contribution in [0, 0.1) is 0 Å². The number of likely N-dealkylation sites (N-methyl/N-ethyl adjacent to an activating group) is 1. The molecule has 130 valence electrons. The van der Waals surface area contributed by atoms with Crippen molar-refractivity contribution in [1.29, 1.82) is 0 Å². The van der Waals surface area contributed by atoms with E-state index in [1.54, 1.807) is 18.1 Å². The zero-order valence-corrected chi connectivity index (χ0v) is 14.1. The van der Waals surface area contributed by atoms with Gasteiger partial charge in [0, 0.05) is 32.5 Å². The predicted octanol–water partition coefficient (Wildman–Crippen LogP) is 1.67. The van der Waals surface area contributed by atoms with Crippen LogP contribution in [0.15, 0.2) is 47.4 Å². The molecule has 1 aromatic carbocycles. The molecule has 25 heavy (non-hydrogen) atoms. The van der Waals surface area contributed by atoms with Gasteiger partial charge >= 0.3 is 0 Å². The smallest absolute Gasteiger partial charge is 0.274 e. The number of rotatable bonds is 3. The highest BCUT2D eigenvalue weighted by molar-refractivity contribution is 5.96. The molecule has 1 spiro atoms. The molecule has 4 rings (SSSR count). The first-order chi connectivity index (χ1) is 12.1. The lowest BCUT2D eigenvalue weighted by Gasteiger charge is -2.43. The van der Waals surface area contributed by atoms with Crippen molar-refractivity contribution in [3.05, 3.63) is 64.1 Å². The fourth-order valence-electron chi connectivity index (χ4n) is 3.56. The minimum atomic E-state index is -0.337. The van der Waals surface area contributed by atoms with Crippen molar-refractivity contribution < 1.29 is 14.3 Å². The lowest BCUT2D eigenvalue weighted by Crippen LogP contribution is -2.57. The van der Waals surface area contributed by atoms with Crippen LogP contribution in [-0.2, 0) is 17.9 Å². The van der Waals surface area contributed by atoms with E-state index < -0.39 is 0 Å². The number of benzene rings is 1. The van der Waals surface area contributed by atoms with E-state index in [0.29, 0.717) is 25.5 Å². The number of hydrogen-bond donors (Lipinski definition) is 0. The molecule has 1 amide bonds. The van der Waals surface area contributed by atoms with E-state index in [0.717, 1.165) is 12.0 Å². The zero-order chi connectivity index (χ0) is 17.4. The van der Waals surface area contributed by atoms with E-state index in [1.807, 2.05) is 34.9 Å². The van der Waals surface area contributed by atoms with Crippen LogP contribution in [0.5, 0.6) is 5.75 Å². The highest BCUT2D eigenvalue weighted by Crippen LogP contribution is 2.34. The van der Waals surface area contributed by atoms with Gasteiger partial charge in [-0.3, -0.25) is 9.59 Å². The molecule has 1 aromatic heterocycles. The Morgan fingerprint density at radius 2 is 2.00 bits per heavy atom. The Morgan fingerprint density at radius 3 is 2.72 bits per heavy atom. The summed E-state index contributed by atoms with van der Waals surface area (Å²) in [6, 6.07) is 11.1. The molecule has 0 saturated carbocycles. The van der Waals surface area contributed by atoms with E-state index in [9.17, 15) is 9.59 Å². The summed E-state index contributed by atoms with van der Waals surface area (Å²) in [6.07, 6.45) is 2.47. The number of pyridine rings is 1. The fraction of sp³-hybridized carbons (Fsp3) is 0.368. The molecular weight excluding hydrogens is 320 g/mol. The van der Waals surface area contributed by atoms with Crippen LogP contribution in [-0.4, -0.2) is 41.2 Å². The quantitative estimate of drug-likeness (QED) is 0.853. The van der Waals surface area contributed by atoms with Crippen molar-refractivity contribution in [2.24, 2.45) is 0 Å². The van der Waals surface area contributed by atoms with Crippen molar-refractivity contribution in [3.63, 3.8) is 0 Å². The first-order valence-corrected chi connectivity index (χ1v) is 8.37. The molecule has 3 heterocycles. The maximum Gasteiger partial charge on any atom is 0.274 e. The standard InChI is InChI=1S/C19H20N2O4/c1-20-18(23)16-17(25-11-14-5-3-2-4-6-14)15(22)7-9-21(16)12-19(20)8-10-24-13-19/h2-7,9H,8,10-13H2,1H3. The number of fused-ring (bicyclic) bond motifs is 1. The topological polar surface area (TPSA) is 60.8 Å². The second-order valence-electron chi connectivity index (χ2n) is 6.65. The van der Waals surface area contributed by atoms with Gasteiger partial charge < -0.3 is 18.9 Å². The van der Waals surface area contributed by atoms with E-state index >= 15 is 0 Å². The fourth-order valence-corrected chi connectivity index (χ4v) is 3.56. The van der Waals surface area contributed by atoms with Crippen LogP contribution in [0.2, 0.25) is 0 Å². The van der Waals surface area contributed by atoms with Crippen LogP contribution in [0.4, 0.5) is 0 Å². The summed E-state index contributed by atoms with van der Waals surface area (Å²) in [5.74, 6) is -0.0746. The van der Waals surface area contributed by atoms with Crippen molar-refractivity contribution in [3.8, 4) is 5.75 Å². The molecule has 2 aliphatic heterocycles. The Kier molecular flexibility index (Phi) is 3.84. The average molecular weight is 340 g/mol. The number of hydrogen-bond acceptors (Lipinski definition) is 4. The highest BCUT2D eigenvalue weighted by atomic mass is 16.5. The molecule has 2 aromatic rings. The molecular formula is C19H20N2O4. The molecule has 1 fully saturated rings. The summed E-state index contributed by atoms with van der Waals surface area (Å²) in [7, 11) is 1.78. The van der Waals surface area contributed by atoms with Crippen molar-refractivity contribution >= 4 is 5.91 Å². The molecule has 1 atom stereocenters. The zero-order valence-electron chi connectivity index (χ0n) is 14.1. The van der Waals surface area contributed by atoms with Gasteiger partial charge in [-0.1, -0.05) is 30.3 Å². The Morgan fingerprint density at radius 1 is 1.20 bits per heavy atom. The van der Waals surface area contributed by atoms with E-state index in [4.69, 9.17) is 9.47 Å². The van der Waals surface area contributed by atoms with Gasteiger partial charge in [-0.05, 0) is 12.0 Å². The number of carbonyl (C=O) groups is 1. The van der Waals surface area contributed by atoms with Crippen molar-refractivity contribution in [1.82, 2.24) is 9.47 Å². The molecule has 6 nitrogen and oxygen atoms in total. The SMILES string of the molecule is CN1C(=O)c2c(OCc3ccccc3)c(=O)ccn2CC12CCOC2. The molecule has 0 bridgehead atoms. The van der Waals surface area contributed by atoms with Crippen LogP contribution >= 0.6 is 0 Å². The van der Waals surface area contributed by atoms with E-state index in [1.165, 1.54) is 6.07 Å². The number of nitrogens with zero attached hydrogens (tertiary/aromatic N) is 2. The van der Waals surface area contributed by atoms with Crippen LogP contribution in [0.25, 0.3) is 0 Å². The van der Waals surface area contributed by atoms with Gasteiger partial charge in [-0.15, -0.1) is 0 Å². The third kappa shape index (κ3) is 2.62. The molecule has 0 radical (unpaired) electrons. The second-order valence-corrected chi connectivity index (χ2v) is 6.65. The minimum absolute atomic E-state index is 0.122. The van der Waals surface area contributed by atoms with Gasteiger partial charge in [0.1, 0.15) is 6.61 Å². The van der Waals surface area contributed by atoms with Crippen LogP contribution < -0.4 is 10.2 Å². The normalized spacial score (nSPS) is 22.3. The van der Waals surface area contributed by atoms with Crippen molar-refractivity contribution in [2.75, 3.05) is 20.3 Å². The third-order valence-electron chi connectivity index (χ3n) is 5.12. The Bertz CT molecular complexity index is 853. The minimum Gasteiger partial charge on any atom is -0.483 e. The number of amides is 1. The van der Waals surface area contributed by atoms with Gasteiger partial charge in [-0.25, -0.2) is 0 Å². The Hall–Kier alpha value is -2.60. The van der Waals surface area contributed by atoms with Gasteiger partial charge in [0.15, 0.2) is 11.4 Å². The van der Waals surface area contributed by atoms with Gasteiger partial charge in [0.05, 0.1) is 12.1 Å².